The van der Waals surface area contributed by atoms with E-state index in [4.69, 9.17) is 0 Å². The predicted molar refractivity (Wildman–Crippen MR) is 170 cm³/mol. The van der Waals surface area contributed by atoms with E-state index in [-0.39, 0.29) is 22.1 Å². The summed E-state index contributed by atoms with van der Waals surface area (Å²) in [5, 5.41) is 13.7. The van der Waals surface area contributed by atoms with Gasteiger partial charge in [-0.3, -0.25) is 9.69 Å². The number of hydrogen-bond donors (Lipinski definition) is 1. The summed E-state index contributed by atoms with van der Waals surface area (Å²) in [6.07, 6.45) is 15.1. The van der Waals surface area contributed by atoms with E-state index in [0.29, 0.717) is 28.9 Å². The number of sulfone groups is 1. The van der Waals surface area contributed by atoms with E-state index < -0.39 is 9.84 Å². The number of hydrogen-bond acceptors (Lipinski definition) is 6. The molecule has 0 radical (unpaired) electrons. The number of carbonyl (C=O) groups is 1. The predicted octanol–water partition coefficient (Wildman–Crippen LogP) is 7.78. The van der Waals surface area contributed by atoms with E-state index in [1.165, 1.54) is 80.4 Å². The van der Waals surface area contributed by atoms with Crippen molar-refractivity contribution < 1.29 is 13.2 Å². The highest BCUT2D eigenvalue weighted by Crippen LogP contribution is 2.39. The molecule has 1 N–H and O–H groups in total. The van der Waals surface area contributed by atoms with Crippen molar-refractivity contribution in [1.29, 1.82) is 5.26 Å². The fraction of sp³-hybridized carbons (Fsp3) is 0.588. The highest BCUT2D eigenvalue weighted by molar-refractivity contribution is 7.95. The molecule has 0 saturated heterocycles. The van der Waals surface area contributed by atoms with Crippen LogP contribution >= 0.6 is 11.3 Å². The number of nitrogens with zero attached hydrogens (tertiary/aromatic N) is 2. The summed E-state index contributed by atoms with van der Waals surface area (Å²) in [7, 11) is -3.60. The number of thiophene rings is 1. The van der Waals surface area contributed by atoms with Crippen molar-refractivity contribution in [2.45, 2.75) is 114 Å². The topological polar surface area (TPSA) is 90.3 Å². The smallest absolute Gasteiger partial charge is 0.229 e. The Labute approximate surface area is 256 Å². The third-order valence-corrected chi connectivity index (χ3v) is 12.7. The largest absolute Gasteiger partial charge is 0.316 e. The Morgan fingerprint density at radius 2 is 1.69 bits per heavy atom. The Hall–Kier alpha value is -2.47. The van der Waals surface area contributed by atoms with Gasteiger partial charge in [-0.1, -0.05) is 70.1 Å². The minimum absolute atomic E-state index is 0.112. The molecule has 1 aliphatic heterocycles. The molecule has 2 fully saturated rings. The molecule has 2 saturated carbocycles. The minimum Gasteiger partial charge on any atom is -0.316 e. The van der Waals surface area contributed by atoms with Gasteiger partial charge in [0, 0.05) is 34.5 Å². The van der Waals surface area contributed by atoms with Crippen LogP contribution in [-0.4, -0.2) is 31.8 Å². The molecule has 6 nitrogen and oxygen atoms in total. The van der Waals surface area contributed by atoms with Crippen molar-refractivity contribution in [2.75, 3.05) is 11.9 Å². The Bertz CT molecular complexity index is 1410. The van der Waals surface area contributed by atoms with Gasteiger partial charge in [0.1, 0.15) is 11.1 Å². The third kappa shape index (κ3) is 7.35. The van der Waals surface area contributed by atoms with Crippen molar-refractivity contribution in [3.63, 3.8) is 0 Å². The van der Waals surface area contributed by atoms with Crippen molar-refractivity contribution >= 4 is 32.1 Å². The molecule has 3 aliphatic rings. The van der Waals surface area contributed by atoms with Gasteiger partial charge in [-0.15, -0.1) is 11.3 Å². The summed E-state index contributed by atoms with van der Waals surface area (Å²) in [6.45, 7) is 8.03. The molecular formula is C34H45N3O3S2. The molecule has 2 heterocycles. The summed E-state index contributed by atoms with van der Waals surface area (Å²) in [5.74, 6) is 1.14. The van der Waals surface area contributed by atoms with Crippen LogP contribution in [0.2, 0.25) is 0 Å². The lowest BCUT2D eigenvalue weighted by Crippen LogP contribution is -2.41. The zero-order valence-corrected chi connectivity index (χ0v) is 26.6. The van der Waals surface area contributed by atoms with Gasteiger partial charge in [-0.05, 0) is 68.6 Å². The molecule has 1 unspecified atom stereocenters. The number of amides is 1. The molecule has 0 spiro atoms. The fourth-order valence-corrected chi connectivity index (χ4v) is 9.55. The van der Waals surface area contributed by atoms with Crippen LogP contribution in [0.4, 0.5) is 5.00 Å². The molecule has 2 aliphatic carbocycles. The first kappa shape index (κ1) is 31.0. The number of anilines is 1. The van der Waals surface area contributed by atoms with Gasteiger partial charge < -0.3 is 5.32 Å². The normalized spacial score (nSPS) is 20.5. The number of carbonyl (C=O) groups excluding carboxylic acids is 1. The molecule has 2 aromatic rings. The zero-order valence-electron chi connectivity index (χ0n) is 25.0. The molecule has 1 atom stereocenters. The second-order valence-corrected chi connectivity index (χ2v) is 15.9. The highest BCUT2D eigenvalue weighted by atomic mass is 32.2. The molecule has 226 valence electrons. The molecule has 0 bridgehead atoms. The first-order valence-electron chi connectivity index (χ1n) is 15.8. The van der Waals surface area contributed by atoms with Crippen LogP contribution in [0.5, 0.6) is 0 Å². The van der Waals surface area contributed by atoms with Gasteiger partial charge in [0.2, 0.25) is 15.7 Å². The van der Waals surface area contributed by atoms with Crippen molar-refractivity contribution in [3.8, 4) is 6.07 Å². The quantitative estimate of drug-likeness (QED) is 0.298. The Kier molecular flexibility index (Phi) is 10.2. The summed E-state index contributed by atoms with van der Waals surface area (Å²) in [4.78, 5) is 17.3. The van der Waals surface area contributed by atoms with Gasteiger partial charge in [0.15, 0.2) is 0 Å². The Morgan fingerprint density at radius 1 is 1.05 bits per heavy atom. The molecule has 1 aromatic carbocycles. The molecule has 1 aromatic heterocycles. The van der Waals surface area contributed by atoms with Crippen LogP contribution in [0.1, 0.15) is 106 Å². The van der Waals surface area contributed by atoms with Gasteiger partial charge in [0.25, 0.3) is 0 Å². The lowest BCUT2D eigenvalue weighted by Gasteiger charge is -2.37. The monoisotopic (exact) mass is 607 g/mol. The van der Waals surface area contributed by atoms with E-state index in [1.807, 2.05) is 0 Å². The molecular weight excluding hydrogens is 563 g/mol. The Balaban J connectivity index is 1.18. The van der Waals surface area contributed by atoms with E-state index >= 15 is 0 Å². The van der Waals surface area contributed by atoms with Crippen molar-refractivity contribution in [2.24, 2.45) is 11.8 Å². The lowest BCUT2D eigenvalue weighted by atomic mass is 9.86. The lowest BCUT2D eigenvalue weighted by molar-refractivity contribution is -0.115. The van der Waals surface area contributed by atoms with E-state index in [1.54, 1.807) is 24.3 Å². The van der Waals surface area contributed by atoms with Crippen LogP contribution in [0.15, 0.2) is 40.6 Å². The molecule has 5 rings (SSSR count). The van der Waals surface area contributed by atoms with Crippen LogP contribution in [0.3, 0.4) is 0 Å². The average Bonchev–Trinajstić information content (AvgIpc) is 3.32. The fourth-order valence-electron chi connectivity index (χ4n) is 7.04. The van der Waals surface area contributed by atoms with Gasteiger partial charge in [-0.2, -0.15) is 5.26 Å². The molecule has 8 heteroatoms. The standard InChI is InChI=1S/C34H45N3O3S2/c1-24-19-32-31(23-37(24)22-28-11-7-4-8-12-28)30(21-35)34(41-32)36-33(38)20-27-15-17-29(18-16-27)42(39,40)25(2)13-14-26-9-5-3-6-10-26/h15-18,24,26,28H,2-14,19-20,22-23H2,1H3,(H,36,38). The molecule has 42 heavy (non-hydrogen) atoms. The minimum atomic E-state index is -3.60. The highest BCUT2D eigenvalue weighted by Gasteiger charge is 2.31. The maximum absolute atomic E-state index is 13.1. The van der Waals surface area contributed by atoms with Crippen LogP contribution in [0.25, 0.3) is 0 Å². The van der Waals surface area contributed by atoms with Crippen LogP contribution < -0.4 is 5.32 Å². The number of nitrogens with one attached hydrogen (secondary N) is 1. The summed E-state index contributed by atoms with van der Waals surface area (Å²) >= 11 is 1.53. The van der Waals surface area contributed by atoms with Crippen LogP contribution in [0, 0.1) is 23.2 Å². The number of allylic oxidation sites excluding steroid dienone is 1. The summed E-state index contributed by atoms with van der Waals surface area (Å²) < 4.78 is 26.2. The first-order chi connectivity index (χ1) is 20.2. The number of rotatable bonds is 10. The Morgan fingerprint density at radius 3 is 2.33 bits per heavy atom. The number of benzene rings is 1. The average molecular weight is 608 g/mol. The van der Waals surface area contributed by atoms with Crippen molar-refractivity contribution in [1.82, 2.24) is 4.90 Å². The number of nitriles is 1. The second-order valence-electron chi connectivity index (χ2n) is 12.8. The van der Waals surface area contributed by atoms with Gasteiger partial charge in [0.05, 0.1) is 16.9 Å². The second kappa shape index (κ2) is 13.9. The van der Waals surface area contributed by atoms with E-state index in [2.05, 4.69) is 29.8 Å². The van der Waals surface area contributed by atoms with E-state index in [9.17, 15) is 18.5 Å². The maximum atomic E-state index is 13.1. The number of fused-ring (bicyclic) bond motifs is 1. The van der Waals surface area contributed by atoms with Crippen LogP contribution in [-0.2, 0) is 34.0 Å². The molecule has 1 amide bonds. The van der Waals surface area contributed by atoms with E-state index in [0.717, 1.165) is 43.0 Å². The first-order valence-corrected chi connectivity index (χ1v) is 18.1. The van der Waals surface area contributed by atoms with Crippen molar-refractivity contribution in [3.05, 3.63) is 57.3 Å². The van der Waals surface area contributed by atoms with Gasteiger partial charge in [-0.25, -0.2) is 8.42 Å². The third-order valence-electron chi connectivity index (χ3n) is 9.67. The SMILES string of the molecule is C=C(CCC1CCCCC1)S(=O)(=O)c1ccc(CC(=O)Nc2sc3c(c2C#N)CN(CC2CCCCC2)C(C)C3)cc1. The maximum Gasteiger partial charge on any atom is 0.229 e. The summed E-state index contributed by atoms with van der Waals surface area (Å²) in [6, 6.07) is 9.36. The zero-order chi connectivity index (χ0) is 29.7. The van der Waals surface area contributed by atoms with Gasteiger partial charge >= 0.3 is 0 Å². The summed E-state index contributed by atoms with van der Waals surface area (Å²) in [5.41, 5.74) is 2.40.